The van der Waals surface area contributed by atoms with Gasteiger partial charge in [0.2, 0.25) is 11.8 Å². The summed E-state index contributed by atoms with van der Waals surface area (Å²) in [5.41, 5.74) is -0.420. The number of anilines is 1. The van der Waals surface area contributed by atoms with Gasteiger partial charge in [-0.25, -0.2) is 13.2 Å². The Hall–Kier alpha value is -2.09. The summed E-state index contributed by atoms with van der Waals surface area (Å²) < 4.78 is 39.6. The first-order chi connectivity index (χ1) is 11.4. The molecular formula is C16H18F3N3O2. The van der Waals surface area contributed by atoms with E-state index in [0.717, 1.165) is 25.2 Å². The minimum atomic E-state index is -1.63. The number of carbonyl (C=O) groups excluding carboxylic acids is 2. The van der Waals surface area contributed by atoms with Crippen molar-refractivity contribution in [2.75, 3.05) is 38.5 Å². The molecule has 2 aliphatic rings. The number of carbonyl (C=O) groups is 2. The van der Waals surface area contributed by atoms with Gasteiger partial charge in [-0.1, -0.05) is 0 Å². The summed E-state index contributed by atoms with van der Waals surface area (Å²) in [5, 5.41) is 2.24. The number of hydrogen-bond acceptors (Lipinski definition) is 3. The molecule has 0 radical (unpaired) electrons. The first-order valence-corrected chi connectivity index (χ1v) is 7.80. The van der Waals surface area contributed by atoms with Gasteiger partial charge < -0.3 is 15.1 Å². The van der Waals surface area contributed by atoms with Crippen LogP contribution in [-0.2, 0) is 9.59 Å². The average Bonchev–Trinajstić information content (AvgIpc) is 3.36. The van der Waals surface area contributed by atoms with Crippen molar-refractivity contribution < 1.29 is 22.8 Å². The van der Waals surface area contributed by atoms with Crippen molar-refractivity contribution in [3.8, 4) is 0 Å². The summed E-state index contributed by atoms with van der Waals surface area (Å²) in [7, 11) is 1.98. The largest absolute Gasteiger partial charge is 0.340 e. The van der Waals surface area contributed by atoms with Crippen molar-refractivity contribution >= 4 is 17.5 Å². The summed E-state index contributed by atoms with van der Waals surface area (Å²) in [6, 6.07) is 1.71. The van der Waals surface area contributed by atoms with Crippen LogP contribution in [0.1, 0.15) is 6.42 Å². The number of nitrogens with one attached hydrogen (secondary N) is 1. The van der Waals surface area contributed by atoms with E-state index in [9.17, 15) is 22.8 Å². The molecule has 5 nitrogen and oxygen atoms in total. The molecule has 1 aliphatic heterocycles. The van der Waals surface area contributed by atoms with Crippen molar-refractivity contribution in [3.05, 3.63) is 29.6 Å². The van der Waals surface area contributed by atoms with Crippen molar-refractivity contribution in [3.63, 3.8) is 0 Å². The number of amides is 2. The van der Waals surface area contributed by atoms with Crippen LogP contribution in [0, 0.1) is 29.3 Å². The Bertz CT molecular complexity index is 675. The zero-order valence-electron chi connectivity index (χ0n) is 13.2. The molecule has 1 aromatic rings. The van der Waals surface area contributed by atoms with Crippen LogP contribution in [-0.4, -0.2) is 54.8 Å². The van der Waals surface area contributed by atoms with Gasteiger partial charge in [0.25, 0.3) is 0 Å². The molecule has 8 heteroatoms. The van der Waals surface area contributed by atoms with Gasteiger partial charge in [-0.3, -0.25) is 9.59 Å². The number of likely N-dealkylation sites (N-methyl/N-ethyl adjacent to an activating group) is 1. The van der Waals surface area contributed by atoms with Crippen LogP contribution in [0.2, 0.25) is 0 Å². The molecule has 2 atom stereocenters. The third kappa shape index (κ3) is 3.24. The topological polar surface area (TPSA) is 52.7 Å². The number of halogens is 3. The van der Waals surface area contributed by atoms with Crippen LogP contribution in [0.5, 0.6) is 0 Å². The van der Waals surface area contributed by atoms with Gasteiger partial charge >= 0.3 is 0 Å². The fourth-order valence-electron chi connectivity index (χ4n) is 2.87. The Morgan fingerprint density at radius 3 is 2.38 bits per heavy atom. The standard InChI is InChI=1S/C16H18F3N3O2/c1-21-4-6-22(7-5-21)16(24)10-8-9(10)15(23)20-12-3-2-11(17)13(18)14(12)19/h2-3,9-10H,4-8H2,1H3,(H,20,23). The molecule has 1 N–H and O–H groups in total. The molecule has 1 heterocycles. The Balaban J connectivity index is 1.58. The van der Waals surface area contributed by atoms with Crippen molar-refractivity contribution in [2.24, 2.45) is 11.8 Å². The van der Waals surface area contributed by atoms with E-state index in [2.05, 4.69) is 10.2 Å². The molecule has 2 unspecified atom stereocenters. The summed E-state index contributed by atoms with van der Waals surface area (Å²) >= 11 is 0. The molecular weight excluding hydrogens is 323 g/mol. The maximum absolute atomic E-state index is 13.6. The third-order valence-corrected chi connectivity index (χ3v) is 4.55. The van der Waals surface area contributed by atoms with Crippen LogP contribution < -0.4 is 5.32 Å². The highest BCUT2D eigenvalue weighted by molar-refractivity contribution is 5.99. The maximum Gasteiger partial charge on any atom is 0.228 e. The van der Waals surface area contributed by atoms with E-state index in [-0.39, 0.29) is 5.91 Å². The fourth-order valence-corrected chi connectivity index (χ4v) is 2.87. The van der Waals surface area contributed by atoms with Gasteiger partial charge in [-0.15, -0.1) is 0 Å². The second kappa shape index (κ2) is 6.43. The first-order valence-electron chi connectivity index (χ1n) is 7.80. The highest BCUT2D eigenvalue weighted by Gasteiger charge is 2.49. The van der Waals surface area contributed by atoms with Crippen molar-refractivity contribution in [1.82, 2.24) is 9.80 Å². The van der Waals surface area contributed by atoms with Crippen LogP contribution in [0.15, 0.2) is 12.1 Å². The molecule has 1 saturated heterocycles. The van der Waals surface area contributed by atoms with E-state index >= 15 is 0 Å². The van der Waals surface area contributed by atoms with Gasteiger partial charge in [0.05, 0.1) is 17.5 Å². The molecule has 2 fully saturated rings. The predicted octanol–water partition coefficient (Wildman–Crippen LogP) is 1.45. The number of benzene rings is 1. The number of rotatable bonds is 3. The molecule has 24 heavy (non-hydrogen) atoms. The lowest BCUT2D eigenvalue weighted by molar-refractivity contribution is -0.135. The highest BCUT2D eigenvalue weighted by Crippen LogP contribution is 2.41. The third-order valence-electron chi connectivity index (χ3n) is 4.55. The molecule has 0 aromatic heterocycles. The zero-order chi connectivity index (χ0) is 17.4. The highest BCUT2D eigenvalue weighted by atomic mass is 19.2. The van der Waals surface area contributed by atoms with Crippen LogP contribution >= 0.6 is 0 Å². The predicted molar refractivity (Wildman–Crippen MR) is 80.6 cm³/mol. The lowest BCUT2D eigenvalue weighted by Gasteiger charge is -2.32. The van der Waals surface area contributed by atoms with Crippen molar-refractivity contribution in [2.45, 2.75) is 6.42 Å². The van der Waals surface area contributed by atoms with E-state index in [4.69, 9.17) is 0 Å². The van der Waals surface area contributed by atoms with E-state index < -0.39 is 40.9 Å². The second-order valence-corrected chi connectivity index (χ2v) is 6.29. The quantitative estimate of drug-likeness (QED) is 0.847. The van der Waals surface area contributed by atoms with Gasteiger partial charge in [-0.2, -0.15) is 0 Å². The normalized spacial score (nSPS) is 23.9. The number of hydrogen-bond donors (Lipinski definition) is 1. The molecule has 0 bridgehead atoms. The van der Waals surface area contributed by atoms with Crippen LogP contribution in [0.4, 0.5) is 18.9 Å². The van der Waals surface area contributed by atoms with Crippen LogP contribution in [0.3, 0.4) is 0 Å². The molecule has 3 rings (SSSR count). The summed E-state index contributed by atoms with van der Waals surface area (Å²) in [4.78, 5) is 28.3. The van der Waals surface area contributed by atoms with Gasteiger partial charge in [-0.05, 0) is 25.6 Å². The Morgan fingerprint density at radius 2 is 1.71 bits per heavy atom. The van der Waals surface area contributed by atoms with E-state index in [0.29, 0.717) is 19.5 Å². The average molecular weight is 341 g/mol. The zero-order valence-corrected chi connectivity index (χ0v) is 13.2. The van der Waals surface area contributed by atoms with Crippen LogP contribution in [0.25, 0.3) is 0 Å². The van der Waals surface area contributed by atoms with Gasteiger partial charge in [0.1, 0.15) is 0 Å². The smallest absolute Gasteiger partial charge is 0.228 e. The molecule has 1 saturated carbocycles. The monoisotopic (exact) mass is 341 g/mol. The SMILES string of the molecule is CN1CCN(C(=O)C2CC2C(=O)Nc2ccc(F)c(F)c2F)CC1. The van der Waals surface area contributed by atoms with E-state index in [1.165, 1.54) is 0 Å². The lowest BCUT2D eigenvalue weighted by atomic mass is 10.2. The molecule has 2 amide bonds. The van der Waals surface area contributed by atoms with Gasteiger partial charge in [0, 0.05) is 26.2 Å². The fraction of sp³-hybridized carbons (Fsp3) is 0.500. The summed E-state index contributed by atoms with van der Waals surface area (Å²) in [6.45, 7) is 2.82. The van der Waals surface area contributed by atoms with E-state index in [1.807, 2.05) is 7.05 Å². The lowest BCUT2D eigenvalue weighted by Crippen LogP contribution is -2.48. The second-order valence-electron chi connectivity index (χ2n) is 6.29. The Kier molecular flexibility index (Phi) is 4.49. The van der Waals surface area contributed by atoms with E-state index in [1.54, 1.807) is 4.90 Å². The number of piperazine rings is 1. The Morgan fingerprint density at radius 1 is 1.04 bits per heavy atom. The Labute approximate surface area is 137 Å². The molecule has 1 aromatic carbocycles. The maximum atomic E-state index is 13.6. The first kappa shape index (κ1) is 16.8. The molecule has 1 aliphatic carbocycles. The summed E-state index contributed by atoms with van der Waals surface area (Å²) in [6.07, 6.45) is 0.391. The number of nitrogens with zero attached hydrogens (tertiary/aromatic N) is 2. The summed E-state index contributed by atoms with van der Waals surface area (Å²) in [5.74, 6) is -5.98. The van der Waals surface area contributed by atoms with Crippen molar-refractivity contribution in [1.29, 1.82) is 0 Å². The minimum absolute atomic E-state index is 0.0750. The minimum Gasteiger partial charge on any atom is -0.340 e. The molecule has 0 spiro atoms. The van der Waals surface area contributed by atoms with Gasteiger partial charge in [0.15, 0.2) is 17.5 Å². The molecule has 130 valence electrons.